The first kappa shape index (κ1) is 25.9. The molecule has 4 rings (SSSR count). The second-order valence-corrected chi connectivity index (χ2v) is 9.40. The van der Waals surface area contributed by atoms with E-state index in [0.717, 1.165) is 5.56 Å². The number of hydrogen-bond acceptors (Lipinski definition) is 5. The van der Waals surface area contributed by atoms with Crippen molar-refractivity contribution in [1.82, 2.24) is 14.7 Å². The molecule has 0 bridgehead atoms. The van der Waals surface area contributed by atoms with Crippen LogP contribution in [0.3, 0.4) is 0 Å². The third-order valence-corrected chi connectivity index (χ3v) is 6.71. The molecule has 0 saturated heterocycles. The number of esters is 1. The van der Waals surface area contributed by atoms with Gasteiger partial charge in [-0.2, -0.15) is 5.10 Å². The smallest absolute Gasteiger partial charge is 0.330 e. The van der Waals surface area contributed by atoms with Gasteiger partial charge in [-0.3, -0.25) is 14.5 Å². The van der Waals surface area contributed by atoms with Crippen molar-refractivity contribution in [3.05, 3.63) is 91.7 Å². The molecule has 36 heavy (non-hydrogen) atoms. The van der Waals surface area contributed by atoms with Crippen molar-refractivity contribution in [2.45, 2.75) is 26.3 Å². The summed E-state index contributed by atoms with van der Waals surface area (Å²) < 4.78 is 6.83. The highest BCUT2D eigenvalue weighted by atomic mass is 35.5. The molecular formula is C26H22Cl3N3O4. The summed E-state index contributed by atoms with van der Waals surface area (Å²) in [5.74, 6) is -1.11. The van der Waals surface area contributed by atoms with E-state index in [9.17, 15) is 14.4 Å². The van der Waals surface area contributed by atoms with Crippen LogP contribution in [0.15, 0.2) is 48.5 Å². The molecule has 2 aromatic carbocycles. The molecule has 0 fully saturated rings. The van der Waals surface area contributed by atoms with Gasteiger partial charge in [0.15, 0.2) is 0 Å². The van der Waals surface area contributed by atoms with E-state index in [0.29, 0.717) is 57.0 Å². The predicted octanol–water partition coefficient (Wildman–Crippen LogP) is 5.83. The number of hydrogen-bond donors (Lipinski definition) is 0. The van der Waals surface area contributed by atoms with Crippen LogP contribution in [0.4, 0.5) is 0 Å². The first-order chi connectivity index (χ1) is 17.3. The number of rotatable bonds is 9. The number of halogens is 3. The second-order valence-electron chi connectivity index (χ2n) is 8.20. The average molecular weight is 547 g/mol. The summed E-state index contributed by atoms with van der Waals surface area (Å²) in [6.07, 6.45) is 3.88. The summed E-state index contributed by atoms with van der Waals surface area (Å²) in [4.78, 5) is 38.1. The molecule has 0 atom stereocenters. The number of aromatic nitrogens is 2. The van der Waals surface area contributed by atoms with Crippen LogP contribution in [0.25, 0.3) is 6.08 Å². The van der Waals surface area contributed by atoms with E-state index in [1.54, 1.807) is 60.1 Å². The van der Waals surface area contributed by atoms with Crippen LogP contribution in [0, 0.1) is 6.92 Å². The Morgan fingerprint density at radius 1 is 1.03 bits per heavy atom. The van der Waals surface area contributed by atoms with Gasteiger partial charge in [0, 0.05) is 28.2 Å². The summed E-state index contributed by atoms with van der Waals surface area (Å²) in [6, 6.07) is 12.0. The molecule has 0 spiro atoms. The lowest BCUT2D eigenvalue weighted by Crippen LogP contribution is -2.30. The number of benzene rings is 2. The van der Waals surface area contributed by atoms with E-state index < -0.39 is 5.97 Å². The number of imide groups is 1. The third kappa shape index (κ3) is 5.64. The Hall–Kier alpha value is -3.13. The molecule has 1 aliphatic rings. The van der Waals surface area contributed by atoms with E-state index >= 15 is 0 Å². The molecular weight excluding hydrogens is 525 g/mol. The molecule has 2 heterocycles. The molecule has 0 radical (unpaired) electrons. The van der Waals surface area contributed by atoms with Crippen molar-refractivity contribution < 1.29 is 19.1 Å². The van der Waals surface area contributed by atoms with E-state index in [4.69, 9.17) is 39.5 Å². The maximum Gasteiger partial charge on any atom is 0.330 e. The zero-order valence-corrected chi connectivity index (χ0v) is 21.6. The number of unbranched alkanes of at least 4 members (excludes halogenated alkanes) is 1. The van der Waals surface area contributed by atoms with E-state index in [1.807, 2.05) is 0 Å². The minimum absolute atomic E-state index is 0.160. The summed E-state index contributed by atoms with van der Waals surface area (Å²) in [5.41, 5.74) is 2.90. The fourth-order valence-corrected chi connectivity index (χ4v) is 4.62. The van der Waals surface area contributed by atoms with Crippen LogP contribution >= 0.6 is 34.8 Å². The monoisotopic (exact) mass is 545 g/mol. The molecule has 0 aliphatic carbocycles. The maximum atomic E-state index is 12.4. The van der Waals surface area contributed by atoms with Crippen molar-refractivity contribution in [2.75, 3.05) is 13.2 Å². The number of nitrogens with zero attached hydrogens (tertiary/aromatic N) is 3. The molecule has 10 heteroatoms. The summed E-state index contributed by atoms with van der Waals surface area (Å²) in [7, 11) is 0. The Morgan fingerprint density at radius 2 is 1.72 bits per heavy atom. The van der Waals surface area contributed by atoms with E-state index in [1.165, 1.54) is 11.0 Å². The second kappa shape index (κ2) is 11.3. The quantitative estimate of drug-likeness (QED) is 0.146. The highest BCUT2D eigenvalue weighted by Gasteiger charge is 2.34. The fraction of sp³-hybridized carbons (Fsp3) is 0.231. The highest BCUT2D eigenvalue weighted by Crippen LogP contribution is 2.26. The van der Waals surface area contributed by atoms with E-state index in [2.05, 4.69) is 5.10 Å². The van der Waals surface area contributed by atoms with Gasteiger partial charge in [0.05, 0.1) is 30.0 Å². The topological polar surface area (TPSA) is 81.5 Å². The van der Waals surface area contributed by atoms with Crippen molar-refractivity contribution in [3.8, 4) is 0 Å². The molecule has 7 nitrogen and oxygen atoms in total. The van der Waals surface area contributed by atoms with Gasteiger partial charge in [-0.05, 0) is 55.7 Å². The lowest BCUT2D eigenvalue weighted by molar-refractivity contribution is -0.137. The van der Waals surface area contributed by atoms with Gasteiger partial charge in [0.1, 0.15) is 5.15 Å². The predicted molar refractivity (Wildman–Crippen MR) is 139 cm³/mol. The van der Waals surface area contributed by atoms with Gasteiger partial charge in [-0.25, -0.2) is 9.48 Å². The van der Waals surface area contributed by atoms with Gasteiger partial charge >= 0.3 is 5.97 Å². The zero-order chi connectivity index (χ0) is 25.8. The molecule has 3 aromatic rings. The summed E-state index contributed by atoms with van der Waals surface area (Å²) in [6.45, 7) is 2.57. The van der Waals surface area contributed by atoms with Crippen molar-refractivity contribution in [2.24, 2.45) is 0 Å². The summed E-state index contributed by atoms with van der Waals surface area (Å²) in [5, 5.41) is 5.84. The van der Waals surface area contributed by atoms with Crippen LogP contribution in [-0.4, -0.2) is 45.6 Å². The fourth-order valence-electron chi connectivity index (χ4n) is 3.86. The Kier molecular flexibility index (Phi) is 8.14. The van der Waals surface area contributed by atoms with E-state index in [-0.39, 0.29) is 25.0 Å². The van der Waals surface area contributed by atoms with Crippen LogP contribution in [-0.2, 0) is 16.1 Å². The lowest BCUT2D eigenvalue weighted by atomic mass is 10.1. The number of carbonyl (C=O) groups is 3. The normalized spacial score (nSPS) is 13.1. The Balaban J connectivity index is 1.25. The van der Waals surface area contributed by atoms with Crippen molar-refractivity contribution in [1.29, 1.82) is 0 Å². The van der Waals surface area contributed by atoms with Gasteiger partial charge in [0.25, 0.3) is 11.8 Å². The van der Waals surface area contributed by atoms with Gasteiger partial charge in [-0.15, -0.1) is 0 Å². The van der Waals surface area contributed by atoms with Crippen LogP contribution in [0.5, 0.6) is 0 Å². The minimum Gasteiger partial charge on any atom is -0.463 e. The van der Waals surface area contributed by atoms with Gasteiger partial charge in [0.2, 0.25) is 0 Å². The Bertz CT molecular complexity index is 1330. The minimum atomic E-state index is -0.528. The molecule has 0 saturated carbocycles. The van der Waals surface area contributed by atoms with Crippen molar-refractivity contribution in [3.63, 3.8) is 0 Å². The first-order valence-electron chi connectivity index (χ1n) is 11.2. The SMILES string of the molecule is Cc1nn(Cc2ccc(Cl)cc2Cl)c(Cl)c1C=CC(=O)OCCCCN1C(=O)c2ccccc2C1=O. The number of amides is 2. The average Bonchev–Trinajstić information content (AvgIpc) is 3.26. The van der Waals surface area contributed by atoms with Gasteiger partial charge < -0.3 is 4.74 Å². The Labute approximate surface area is 223 Å². The molecule has 1 aliphatic heterocycles. The number of ether oxygens (including phenoxy) is 1. The number of fused-ring (bicyclic) bond motifs is 1. The number of aryl methyl sites for hydroxylation is 1. The number of carbonyl (C=O) groups excluding carboxylic acids is 3. The lowest BCUT2D eigenvalue weighted by Gasteiger charge is -2.13. The third-order valence-electron chi connectivity index (χ3n) is 5.73. The zero-order valence-electron chi connectivity index (χ0n) is 19.3. The maximum absolute atomic E-state index is 12.4. The van der Waals surface area contributed by atoms with Gasteiger partial charge in [-0.1, -0.05) is 53.0 Å². The summed E-state index contributed by atoms with van der Waals surface area (Å²) >= 11 is 18.7. The van der Waals surface area contributed by atoms with Crippen LogP contribution in [0.1, 0.15) is 50.4 Å². The van der Waals surface area contributed by atoms with Crippen LogP contribution in [0.2, 0.25) is 15.2 Å². The molecule has 1 aromatic heterocycles. The first-order valence-corrected chi connectivity index (χ1v) is 12.4. The molecule has 0 N–H and O–H groups in total. The molecule has 2 amide bonds. The largest absolute Gasteiger partial charge is 0.463 e. The molecule has 0 unspecified atom stereocenters. The standard InChI is InChI=1S/C26H22Cl3N3O4/c1-16-19(24(29)32(30-16)15-17-8-9-18(27)14-22(17)28)10-11-23(33)36-13-5-4-12-31-25(34)20-6-2-3-7-21(20)26(31)35/h2-3,6-11,14H,4-5,12-13,15H2,1H3. The Morgan fingerprint density at radius 3 is 2.39 bits per heavy atom. The van der Waals surface area contributed by atoms with Crippen molar-refractivity contribution >= 4 is 58.7 Å². The van der Waals surface area contributed by atoms with Crippen LogP contribution < -0.4 is 0 Å². The highest BCUT2D eigenvalue weighted by molar-refractivity contribution is 6.35. The molecule has 186 valence electrons.